The molecule has 2 heterocycles. The van der Waals surface area contributed by atoms with E-state index in [1.807, 2.05) is 11.9 Å². The molecule has 0 aliphatic carbocycles. The Morgan fingerprint density at radius 3 is 2.08 bits per heavy atom. The van der Waals surface area contributed by atoms with Gasteiger partial charge in [0.1, 0.15) is 5.57 Å². The molecular weight excluding hydrogens is 336 g/mol. The highest BCUT2D eigenvalue weighted by molar-refractivity contribution is 6.18. The summed E-state index contributed by atoms with van der Waals surface area (Å²) in [7, 11) is 2.03. The third-order valence-corrected chi connectivity index (χ3v) is 4.38. The van der Waals surface area contributed by atoms with Crippen molar-refractivity contribution in [3.05, 3.63) is 41.0 Å². The number of esters is 2. The van der Waals surface area contributed by atoms with Crippen molar-refractivity contribution in [2.45, 2.75) is 19.6 Å². The molecule has 2 saturated heterocycles. The zero-order chi connectivity index (χ0) is 18.9. The van der Waals surface area contributed by atoms with Gasteiger partial charge in [0.05, 0.1) is 0 Å². The van der Waals surface area contributed by atoms with Gasteiger partial charge in [-0.1, -0.05) is 12.1 Å². The number of hydrogen-bond acceptors (Lipinski definition) is 6. The summed E-state index contributed by atoms with van der Waals surface area (Å²) >= 11 is 0. The highest BCUT2D eigenvalue weighted by Gasteiger charge is 2.38. The average molecular weight is 358 g/mol. The summed E-state index contributed by atoms with van der Waals surface area (Å²) < 4.78 is 10.1. The van der Waals surface area contributed by atoms with Gasteiger partial charge in [-0.15, -0.1) is 0 Å². The second-order valence-corrected chi connectivity index (χ2v) is 6.95. The number of amides is 1. The molecule has 3 rings (SSSR count). The minimum atomic E-state index is -1.26. The number of benzene rings is 1. The monoisotopic (exact) mass is 358 g/mol. The van der Waals surface area contributed by atoms with Crippen molar-refractivity contribution in [1.82, 2.24) is 9.80 Å². The largest absolute Gasteiger partial charge is 0.419 e. The lowest BCUT2D eigenvalue weighted by molar-refractivity contribution is -0.222. The highest BCUT2D eigenvalue weighted by atomic mass is 16.7. The van der Waals surface area contributed by atoms with Crippen LogP contribution in [-0.2, 0) is 19.1 Å². The smallest absolute Gasteiger partial charge is 0.348 e. The molecule has 7 heteroatoms. The van der Waals surface area contributed by atoms with Crippen molar-refractivity contribution in [3.63, 3.8) is 0 Å². The van der Waals surface area contributed by atoms with E-state index >= 15 is 0 Å². The number of cyclic esters (lactones) is 2. The van der Waals surface area contributed by atoms with Gasteiger partial charge in [-0.3, -0.25) is 4.79 Å². The number of rotatable bonds is 2. The van der Waals surface area contributed by atoms with Crippen LogP contribution < -0.4 is 0 Å². The van der Waals surface area contributed by atoms with Gasteiger partial charge >= 0.3 is 11.9 Å². The summed E-state index contributed by atoms with van der Waals surface area (Å²) in [5, 5.41) is 0. The molecule has 7 nitrogen and oxygen atoms in total. The fourth-order valence-electron chi connectivity index (χ4n) is 2.86. The Bertz CT molecular complexity index is 737. The minimum absolute atomic E-state index is 0.0180. The first-order valence-electron chi connectivity index (χ1n) is 8.51. The van der Waals surface area contributed by atoms with E-state index in [9.17, 15) is 14.4 Å². The first kappa shape index (κ1) is 18.1. The lowest BCUT2D eigenvalue weighted by Crippen LogP contribution is -2.47. The maximum Gasteiger partial charge on any atom is 0.348 e. The Morgan fingerprint density at radius 1 is 1.00 bits per heavy atom. The molecule has 1 amide bonds. The summed E-state index contributed by atoms with van der Waals surface area (Å²) in [5.41, 5.74) is 1.03. The topological polar surface area (TPSA) is 76.2 Å². The molecule has 0 bridgehead atoms. The van der Waals surface area contributed by atoms with Crippen LogP contribution in [0.2, 0.25) is 0 Å². The first-order valence-corrected chi connectivity index (χ1v) is 8.51. The average Bonchev–Trinajstić information content (AvgIpc) is 2.58. The third kappa shape index (κ3) is 3.94. The van der Waals surface area contributed by atoms with Gasteiger partial charge in [0.2, 0.25) is 0 Å². The Kier molecular flexibility index (Phi) is 4.82. The summed E-state index contributed by atoms with van der Waals surface area (Å²) in [4.78, 5) is 40.5. The fraction of sp³-hybridized carbons (Fsp3) is 0.421. The second kappa shape index (κ2) is 6.92. The van der Waals surface area contributed by atoms with Crippen molar-refractivity contribution in [2.24, 2.45) is 0 Å². The maximum absolute atomic E-state index is 12.5. The number of likely N-dealkylation sites (N-methyl/N-ethyl adjacent to an activating group) is 1. The van der Waals surface area contributed by atoms with Crippen LogP contribution in [0.15, 0.2) is 29.8 Å². The number of nitrogens with zero attached hydrogens (tertiary/aromatic N) is 2. The van der Waals surface area contributed by atoms with E-state index in [2.05, 4.69) is 4.90 Å². The van der Waals surface area contributed by atoms with E-state index in [1.165, 1.54) is 19.9 Å². The van der Waals surface area contributed by atoms with Crippen molar-refractivity contribution < 1.29 is 23.9 Å². The third-order valence-electron chi connectivity index (χ3n) is 4.38. The predicted molar refractivity (Wildman–Crippen MR) is 94.1 cm³/mol. The molecule has 2 aliphatic heterocycles. The summed E-state index contributed by atoms with van der Waals surface area (Å²) in [6.07, 6.45) is 1.41. The van der Waals surface area contributed by atoms with Crippen LogP contribution in [0.25, 0.3) is 6.08 Å². The van der Waals surface area contributed by atoms with Gasteiger partial charge < -0.3 is 19.3 Å². The number of ether oxygens (including phenoxy) is 2. The van der Waals surface area contributed by atoms with E-state index in [1.54, 1.807) is 24.3 Å². The molecule has 2 aliphatic rings. The first-order chi connectivity index (χ1) is 12.2. The second-order valence-electron chi connectivity index (χ2n) is 6.95. The van der Waals surface area contributed by atoms with Crippen LogP contribution >= 0.6 is 0 Å². The Morgan fingerprint density at radius 2 is 1.54 bits per heavy atom. The lowest BCUT2D eigenvalue weighted by atomic mass is 10.1. The van der Waals surface area contributed by atoms with Gasteiger partial charge in [-0.2, -0.15) is 0 Å². The van der Waals surface area contributed by atoms with E-state index in [-0.39, 0.29) is 11.5 Å². The van der Waals surface area contributed by atoms with Crippen LogP contribution in [0.4, 0.5) is 0 Å². The van der Waals surface area contributed by atoms with Gasteiger partial charge in [0.25, 0.3) is 11.7 Å². The summed E-state index contributed by atoms with van der Waals surface area (Å²) in [5.74, 6) is -2.71. The van der Waals surface area contributed by atoms with E-state index in [4.69, 9.17) is 9.47 Å². The molecule has 0 radical (unpaired) electrons. The Hall–Kier alpha value is -2.67. The van der Waals surface area contributed by atoms with Crippen molar-refractivity contribution in [1.29, 1.82) is 0 Å². The quantitative estimate of drug-likeness (QED) is 0.451. The van der Waals surface area contributed by atoms with Crippen LogP contribution in [-0.4, -0.2) is 66.7 Å². The fourth-order valence-corrected chi connectivity index (χ4v) is 2.86. The van der Waals surface area contributed by atoms with Gasteiger partial charge in [0, 0.05) is 45.6 Å². The maximum atomic E-state index is 12.5. The predicted octanol–water partition coefficient (Wildman–Crippen LogP) is 1.29. The zero-order valence-corrected chi connectivity index (χ0v) is 15.2. The lowest BCUT2D eigenvalue weighted by Gasteiger charge is -2.32. The summed E-state index contributed by atoms with van der Waals surface area (Å²) in [6.45, 7) is 6.12. The molecule has 0 spiro atoms. The normalized spacial score (nSPS) is 20.4. The van der Waals surface area contributed by atoms with Gasteiger partial charge in [-0.25, -0.2) is 9.59 Å². The van der Waals surface area contributed by atoms with Crippen LogP contribution in [0.3, 0.4) is 0 Å². The molecule has 1 aromatic carbocycles. The van der Waals surface area contributed by atoms with E-state index < -0.39 is 17.7 Å². The molecule has 0 aromatic heterocycles. The molecule has 138 valence electrons. The molecule has 0 atom stereocenters. The number of carbonyl (C=O) groups is 3. The van der Waals surface area contributed by atoms with Crippen molar-refractivity contribution >= 4 is 23.9 Å². The van der Waals surface area contributed by atoms with Crippen molar-refractivity contribution in [2.75, 3.05) is 33.2 Å². The van der Waals surface area contributed by atoms with E-state index in [0.717, 1.165) is 13.1 Å². The Labute approximate surface area is 152 Å². The molecule has 2 fully saturated rings. The van der Waals surface area contributed by atoms with Crippen LogP contribution in [0, 0.1) is 0 Å². The Balaban J connectivity index is 1.73. The molecule has 0 unspecified atom stereocenters. The minimum Gasteiger partial charge on any atom is -0.419 e. The molecule has 26 heavy (non-hydrogen) atoms. The van der Waals surface area contributed by atoms with Crippen LogP contribution in [0.1, 0.15) is 29.8 Å². The number of hydrogen-bond donors (Lipinski definition) is 0. The SMILES string of the molecule is CN1CCN(C(=O)c2ccc(C=C3C(=O)OC(C)(C)OC3=O)cc2)CC1. The molecular formula is C19H22N2O5. The number of carbonyl (C=O) groups excluding carboxylic acids is 3. The van der Waals surface area contributed by atoms with Gasteiger partial charge in [-0.05, 0) is 30.8 Å². The zero-order valence-electron chi connectivity index (χ0n) is 15.2. The number of piperazine rings is 1. The molecule has 0 saturated carbocycles. The van der Waals surface area contributed by atoms with Crippen LogP contribution in [0.5, 0.6) is 0 Å². The van der Waals surface area contributed by atoms with E-state index in [0.29, 0.717) is 24.2 Å². The molecule has 0 N–H and O–H groups in total. The molecule has 1 aromatic rings. The highest BCUT2D eigenvalue weighted by Crippen LogP contribution is 2.24. The van der Waals surface area contributed by atoms with Gasteiger partial charge in [0.15, 0.2) is 0 Å². The summed E-state index contributed by atoms with van der Waals surface area (Å²) in [6, 6.07) is 6.76. The van der Waals surface area contributed by atoms with Crippen molar-refractivity contribution in [3.8, 4) is 0 Å². The standard InChI is InChI=1S/C19H22N2O5/c1-19(2)25-17(23)15(18(24)26-19)12-13-4-6-14(7-5-13)16(22)21-10-8-20(3)9-11-21/h4-7,12H,8-11H2,1-3H3.